The quantitative estimate of drug-likeness (QED) is 0.804. The molecule has 0 N–H and O–H groups in total. The largest absolute Gasteiger partial charge is 0.369 e. The lowest BCUT2D eigenvalue weighted by molar-refractivity contribution is -0.228. The Kier molecular flexibility index (Phi) is 4.54. The molecule has 1 aliphatic heterocycles. The van der Waals surface area contributed by atoms with Gasteiger partial charge in [0.05, 0.1) is 19.8 Å². The maximum Gasteiger partial charge on any atom is 0.157 e. The lowest BCUT2D eigenvalue weighted by Crippen LogP contribution is -2.36. The summed E-state index contributed by atoms with van der Waals surface area (Å²) in [6.45, 7) is 6.04. The molecule has 0 bridgehead atoms. The average Bonchev–Trinajstić information content (AvgIpc) is 2.38. The molecule has 1 fully saturated rings. The lowest BCUT2D eigenvalue weighted by atomic mass is 10.1. The van der Waals surface area contributed by atoms with Crippen molar-refractivity contribution in [3.05, 3.63) is 35.4 Å². The minimum Gasteiger partial charge on any atom is -0.369 e. The number of hydrogen-bond donors (Lipinski definition) is 0. The Morgan fingerprint density at radius 3 is 2.59 bits per heavy atom. The third kappa shape index (κ3) is 3.53. The first-order valence-electron chi connectivity index (χ1n) is 6.19. The third-order valence-electron chi connectivity index (χ3n) is 3.01. The summed E-state index contributed by atoms with van der Waals surface area (Å²) in [4.78, 5) is 0. The second-order valence-electron chi connectivity index (χ2n) is 4.36. The van der Waals surface area contributed by atoms with Crippen LogP contribution < -0.4 is 0 Å². The summed E-state index contributed by atoms with van der Waals surface area (Å²) in [5.74, 6) is 0. The molecule has 0 atom stereocenters. The summed E-state index contributed by atoms with van der Waals surface area (Å²) in [5, 5.41) is 0. The Morgan fingerprint density at radius 1 is 1.24 bits per heavy atom. The van der Waals surface area contributed by atoms with Crippen molar-refractivity contribution in [2.24, 2.45) is 0 Å². The van der Waals surface area contributed by atoms with Crippen LogP contribution in [0.1, 0.15) is 24.5 Å². The van der Waals surface area contributed by atoms with Crippen molar-refractivity contribution < 1.29 is 14.2 Å². The van der Waals surface area contributed by atoms with Gasteiger partial charge in [0.2, 0.25) is 0 Å². The molecule has 0 aromatic heterocycles. The molecule has 0 unspecified atom stereocenters. The highest BCUT2D eigenvalue weighted by molar-refractivity contribution is 5.24. The van der Waals surface area contributed by atoms with Crippen molar-refractivity contribution in [3.63, 3.8) is 0 Å². The highest BCUT2D eigenvalue weighted by atomic mass is 16.7. The Balaban J connectivity index is 1.78. The minimum atomic E-state index is -0.0479. The van der Waals surface area contributed by atoms with E-state index in [0.717, 1.165) is 6.42 Å². The first kappa shape index (κ1) is 12.6. The number of rotatable bonds is 4. The Labute approximate surface area is 103 Å². The van der Waals surface area contributed by atoms with Gasteiger partial charge in [-0.25, -0.2) is 0 Å². The molecule has 2 rings (SSSR count). The summed E-state index contributed by atoms with van der Waals surface area (Å²) in [6.07, 6.45) is 0.899. The van der Waals surface area contributed by atoms with Crippen LogP contribution in [0.2, 0.25) is 0 Å². The van der Waals surface area contributed by atoms with Gasteiger partial charge < -0.3 is 14.2 Å². The fraction of sp³-hybridized carbons (Fsp3) is 0.571. The summed E-state index contributed by atoms with van der Waals surface area (Å²) < 4.78 is 16.8. The van der Waals surface area contributed by atoms with Crippen LogP contribution in [0.4, 0.5) is 0 Å². The Bertz CT molecular complexity index is 343. The third-order valence-corrected chi connectivity index (χ3v) is 3.01. The average molecular weight is 236 g/mol. The molecule has 0 saturated carbocycles. The van der Waals surface area contributed by atoms with Gasteiger partial charge in [0.1, 0.15) is 6.10 Å². The molecule has 1 aromatic rings. The van der Waals surface area contributed by atoms with Gasteiger partial charge in [0.15, 0.2) is 6.29 Å². The van der Waals surface area contributed by atoms with E-state index in [-0.39, 0.29) is 12.4 Å². The molecule has 0 amide bonds. The van der Waals surface area contributed by atoms with Gasteiger partial charge in [-0.15, -0.1) is 0 Å². The van der Waals surface area contributed by atoms with Crippen LogP contribution in [0, 0.1) is 6.92 Å². The van der Waals surface area contributed by atoms with Gasteiger partial charge in [-0.05, 0) is 24.5 Å². The first-order chi connectivity index (χ1) is 8.29. The van der Waals surface area contributed by atoms with E-state index >= 15 is 0 Å². The maximum absolute atomic E-state index is 5.79. The lowest BCUT2D eigenvalue weighted by Gasteiger charge is -2.28. The Hall–Kier alpha value is -0.900. The molecule has 94 valence electrons. The number of ether oxygens (including phenoxy) is 3. The summed E-state index contributed by atoms with van der Waals surface area (Å²) in [5.41, 5.74) is 2.49. The van der Waals surface area contributed by atoms with Crippen molar-refractivity contribution in [1.29, 1.82) is 0 Å². The van der Waals surface area contributed by atoms with Gasteiger partial charge in [0, 0.05) is 0 Å². The molecule has 17 heavy (non-hydrogen) atoms. The van der Waals surface area contributed by atoms with E-state index in [0.29, 0.717) is 19.8 Å². The molecule has 1 aliphatic rings. The van der Waals surface area contributed by atoms with E-state index in [1.54, 1.807) is 0 Å². The maximum atomic E-state index is 5.79. The number of aryl methyl sites for hydroxylation is 1. The van der Waals surface area contributed by atoms with Crippen LogP contribution in [-0.2, 0) is 20.8 Å². The van der Waals surface area contributed by atoms with Crippen LogP contribution in [0.25, 0.3) is 0 Å². The van der Waals surface area contributed by atoms with Crippen LogP contribution in [0.3, 0.4) is 0 Å². The van der Waals surface area contributed by atoms with Gasteiger partial charge in [0.25, 0.3) is 0 Å². The zero-order chi connectivity index (χ0) is 12.1. The van der Waals surface area contributed by atoms with Gasteiger partial charge in [-0.3, -0.25) is 0 Å². The van der Waals surface area contributed by atoms with Crippen molar-refractivity contribution in [3.8, 4) is 0 Å². The van der Waals surface area contributed by atoms with Crippen LogP contribution in [0.15, 0.2) is 24.3 Å². The monoisotopic (exact) mass is 236 g/mol. The molecular formula is C14H20O3. The van der Waals surface area contributed by atoms with E-state index in [4.69, 9.17) is 14.2 Å². The highest BCUT2D eigenvalue weighted by Crippen LogP contribution is 2.14. The van der Waals surface area contributed by atoms with Crippen molar-refractivity contribution >= 4 is 0 Å². The zero-order valence-corrected chi connectivity index (χ0v) is 10.5. The molecule has 1 aromatic carbocycles. The van der Waals surface area contributed by atoms with Gasteiger partial charge in [-0.2, -0.15) is 0 Å². The van der Waals surface area contributed by atoms with E-state index < -0.39 is 0 Å². The predicted molar refractivity (Wildman–Crippen MR) is 65.7 cm³/mol. The first-order valence-corrected chi connectivity index (χ1v) is 6.19. The fourth-order valence-electron chi connectivity index (χ4n) is 1.84. The summed E-state index contributed by atoms with van der Waals surface area (Å²) >= 11 is 0. The molecule has 0 aliphatic carbocycles. The molecule has 1 saturated heterocycles. The van der Waals surface area contributed by atoms with E-state index in [1.165, 1.54) is 11.1 Å². The van der Waals surface area contributed by atoms with E-state index in [2.05, 4.69) is 26.0 Å². The molecule has 3 nitrogen and oxygen atoms in total. The van der Waals surface area contributed by atoms with Crippen LogP contribution >= 0.6 is 0 Å². The molecule has 0 spiro atoms. The standard InChI is InChI=1S/C14H20O3/c1-3-14-16-9-13(10-17-14)15-8-12-7-5-4-6-11(12)2/h4-7,13-14H,3,8-10H2,1-2H3/t13-,14+. The van der Waals surface area contributed by atoms with Crippen molar-refractivity contribution in [1.82, 2.24) is 0 Å². The zero-order valence-electron chi connectivity index (χ0n) is 10.5. The SMILES string of the molecule is CC[C@H]1OC[C@@H](OCc2ccccc2C)CO1. The number of benzene rings is 1. The van der Waals surface area contributed by atoms with Crippen molar-refractivity contribution in [2.75, 3.05) is 13.2 Å². The van der Waals surface area contributed by atoms with Gasteiger partial charge >= 0.3 is 0 Å². The fourth-order valence-corrected chi connectivity index (χ4v) is 1.84. The van der Waals surface area contributed by atoms with Crippen LogP contribution in [-0.4, -0.2) is 25.6 Å². The topological polar surface area (TPSA) is 27.7 Å². The molecule has 3 heteroatoms. The smallest absolute Gasteiger partial charge is 0.157 e. The summed E-state index contributed by atoms with van der Waals surface area (Å²) in [7, 11) is 0. The Morgan fingerprint density at radius 2 is 1.94 bits per heavy atom. The second kappa shape index (κ2) is 6.15. The number of hydrogen-bond acceptors (Lipinski definition) is 3. The molecule has 1 heterocycles. The van der Waals surface area contributed by atoms with Gasteiger partial charge in [-0.1, -0.05) is 31.2 Å². The van der Waals surface area contributed by atoms with E-state index in [1.807, 2.05) is 12.1 Å². The highest BCUT2D eigenvalue weighted by Gasteiger charge is 2.21. The summed E-state index contributed by atoms with van der Waals surface area (Å²) in [6, 6.07) is 8.26. The van der Waals surface area contributed by atoms with Crippen molar-refractivity contribution in [2.45, 2.75) is 39.3 Å². The van der Waals surface area contributed by atoms with Crippen LogP contribution in [0.5, 0.6) is 0 Å². The predicted octanol–water partition coefficient (Wildman–Crippen LogP) is 2.66. The molecular weight excluding hydrogens is 216 g/mol. The minimum absolute atomic E-state index is 0.0479. The second-order valence-corrected chi connectivity index (χ2v) is 4.36. The van der Waals surface area contributed by atoms with E-state index in [9.17, 15) is 0 Å². The normalized spacial score (nSPS) is 24.8. The molecule has 0 radical (unpaired) electrons.